The second kappa shape index (κ2) is 4.96. The molecule has 7 heteroatoms. The first-order valence-electron chi connectivity index (χ1n) is 4.57. The van der Waals surface area contributed by atoms with Crippen molar-refractivity contribution in [3.8, 4) is 0 Å². The number of nitrogens with zero attached hydrogens (tertiary/aromatic N) is 2. The van der Waals surface area contributed by atoms with Crippen molar-refractivity contribution in [2.45, 2.75) is 10.6 Å². The molecule has 0 aliphatic heterocycles. The molecule has 0 unspecified atom stereocenters. The summed E-state index contributed by atoms with van der Waals surface area (Å²) in [5.74, 6) is -1.11. The average molecular weight is 254 g/mol. The zero-order valence-electron chi connectivity index (χ0n) is 8.46. The van der Waals surface area contributed by atoms with Gasteiger partial charge in [0.2, 0.25) is 6.39 Å². The minimum atomic E-state index is -1.29. The molecule has 0 aliphatic carbocycles. The maximum absolute atomic E-state index is 13.1. The van der Waals surface area contributed by atoms with Crippen molar-refractivity contribution in [1.29, 1.82) is 0 Å². The predicted octanol–water partition coefficient (Wildman–Crippen LogP) is 2.20. The van der Waals surface area contributed by atoms with Crippen LogP contribution in [0.1, 0.15) is 16.2 Å². The van der Waals surface area contributed by atoms with Gasteiger partial charge in [-0.25, -0.2) is 9.18 Å². The van der Waals surface area contributed by atoms with Crippen molar-refractivity contribution in [3.05, 3.63) is 41.8 Å². The number of hydrogen-bond acceptors (Lipinski definition) is 5. The van der Waals surface area contributed by atoms with Gasteiger partial charge < -0.3 is 9.63 Å². The van der Waals surface area contributed by atoms with Crippen molar-refractivity contribution < 1.29 is 18.8 Å². The third kappa shape index (κ3) is 2.82. The molecule has 0 atom stereocenters. The molecule has 1 aromatic heterocycles. The smallest absolute Gasteiger partial charge is 0.338 e. The molecule has 0 spiro atoms. The fourth-order valence-electron chi connectivity index (χ4n) is 1.16. The van der Waals surface area contributed by atoms with E-state index >= 15 is 0 Å². The lowest BCUT2D eigenvalue weighted by molar-refractivity contribution is 0.0691. The van der Waals surface area contributed by atoms with Gasteiger partial charge in [0.25, 0.3) is 0 Å². The molecule has 17 heavy (non-hydrogen) atoms. The highest BCUT2D eigenvalue weighted by molar-refractivity contribution is 7.98. The maximum atomic E-state index is 13.1. The summed E-state index contributed by atoms with van der Waals surface area (Å²) in [6.45, 7) is 0. The van der Waals surface area contributed by atoms with E-state index in [4.69, 9.17) is 5.11 Å². The molecule has 2 rings (SSSR count). The monoisotopic (exact) mass is 254 g/mol. The van der Waals surface area contributed by atoms with Crippen LogP contribution in [0, 0.1) is 5.82 Å². The summed E-state index contributed by atoms with van der Waals surface area (Å²) in [5.41, 5.74) is -0.344. The van der Waals surface area contributed by atoms with Gasteiger partial charge in [-0.15, -0.1) is 11.8 Å². The highest BCUT2D eigenvalue weighted by Gasteiger charge is 2.11. The van der Waals surface area contributed by atoms with Gasteiger partial charge >= 0.3 is 5.97 Å². The SMILES string of the molecule is O=C(O)c1cc(SCc2ncon2)ccc1F. The fraction of sp³-hybridized carbons (Fsp3) is 0.100. The van der Waals surface area contributed by atoms with E-state index in [0.29, 0.717) is 16.5 Å². The van der Waals surface area contributed by atoms with Crippen molar-refractivity contribution in [1.82, 2.24) is 10.1 Å². The summed E-state index contributed by atoms with van der Waals surface area (Å²) in [6.07, 6.45) is 1.21. The van der Waals surface area contributed by atoms with Crippen LogP contribution < -0.4 is 0 Å². The van der Waals surface area contributed by atoms with Gasteiger partial charge in [0.15, 0.2) is 5.82 Å². The normalized spacial score (nSPS) is 10.4. The molecule has 0 amide bonds. The molecule has 0 aliphatic rings. The maximum Gasteiger partial charge on any atom is 0.338 e. The molecule has 88 valence electrons. The first kappa shape index (κ1) is 11.6. The Balaban J connectivity index is 2.11. The Morgan fingerprint density at radius 2 is 2.35 bits per heavy atom. The van der Waals surface area contributed by atoms with Gasteiger partial charge in [-0.1, -0.05) is 5.16 Å². The summed E-state index contributed by atoms with van der Waals surface area (Å²) in [7, 11) is 0. The van der Waals surface area contributed by atoms with Crippen LogP contribution in [0.15, 0.2) is 34.0 Å². The van der Waals surface area contributed by atoms with Crippen LogP contribution in [0.5, 0.6) is 0 Å². The van der Waals surface area contributed by atoms with E-state index in [1.807, 2.05) is 0 Å². The molecule has 1 N–H and O–H groups in total. The lowest BCUT2D eigenvalue weighted by Gasteiger charge is -2.01. The van der Waals surface area contributed by atoms with Gasteiger partial charge in [0.1, 0.15) is 5.82 Å². The largest absolute Gasteiger partial charge is 0.478 e. The molecule has 0 fully saturated rings. The third-order valence-electron chi connectivity index (χ3n) is 1.94. The molecule has 1 heterocycles. The third-order valence-corrected chi connectivity index (χ3v) is 2.93. The topological polar surface area (TPSA) is 76.2 Å². The van der Waals surface area contributed by atoms with Crippen LogP contribution in [0.4, 0.5) is 4.39 Å². The van der Waals surface area contributed by atoms with E-state index in [9.17, 15) is 9.18 Å². The number of benzene rings is 1. The van der Waals surface area contributed by atoms with Gasteiger partial charge in [-0.2, -0.15) is 4.98 Å². The second-order valence-corrected chi connectivity index (χ2v) is 4.13. The Morgan fingerprint density at radius 1 is 1.53 bits per heavy atom. The van der Waals surface area contributed by atoms with E-state index in [0.717, 1.165) is 6.07 Å². The van der Waals surface area contributed by atoms with Crippen molar-refractivity contribution in [3.63, 3.8) is 0 Å². The van der Waals surface area contributed by atoms with Crippen LogP contribution in [-0.2, 0) is 5.75 Å². The Kier molecular flexibility index (Phi) is 3.38. The highest BCUT2D eigenvalue weighted by atomic mass is 32.2. The van der Waals surface area contributed by atoms with Crippen LogP contribution in [0.3, 0.4) is 0 Å². The Bertz CT molecular complexity index is 530. The summed E-state index contributed by atoms with van der Waals surface area (Å²) >= 11 is 1.30. The van der Waals surface area contributed by atoms with E-state index < -0.39 is 11.8 Å². The Hall–Kier alpha value is -1.89. The van der Waals surface area contributed by atoms with E-state index in [1.54, 1.807) is 0 Å². The van der Waals surface area contributed by atoms with E-state index in [-0.39, 0.29) is 5.56 Å². The Morgan fingerprint density at radius 3 is 3.00 bits per heavy atom. The summed E-state index contributed by atoms with van der Waals surface area (Å²) in [4.78, 5) is 15.2. The van der Waals surface area contributed by atoms with Crippen LogP contribution in [-0.4, -0.2) is 21.2 Å². The first-order chi connectivity index (χ1) is 8.16. The predicted molar refractivity (Wildman–Crippen MR) is 57.2 cm³/mol. The molecular formula is C10H7FN2O3S. The van der Waals surface area contributed by atoms with Crippen LogP contribution in [0.25, 0.3) is 0 Å². The molecule has 5 nitrogen and oxygen atoms in total. The first-order valence-corrected chi connectivity index (χ1v) is 5.56. The molecule has 2 aromatic rings. The van der Waals surface area contributed by atoms with Gasteiger partial charge in [0, 0.05) is 4.90 Å². The van der Waals surface area contributed by atoms with Gasteiger partial charge in [0.05, 0.1) is 11.3 Å². The van der Waals surface area contributed by atoms with Crippen molar-refractivity contribution in [2.24, 2.45) is 0 Å². The number of aromatic nitrogens is 2. The van der Waals surface area contributed by atoms with E-state index in [2.05, 4.69) is 14.7 Å². The summed E-state index contributed by atoms with van der Waals surface area (Å²) < 4.78 is 17.7. The number of carboxylic acid groups (broad SMARTS) is 1. The molecule has 0 saturated heterocycles. The van der Waals surface area contributed by atoms with Crippen molar-refractivity contribution in [2.75, 3.05) is 0 Å². The number of carbonyl (C=O) groups is 1. The number of aromatic carboxylic acids is 1. The van der Waals surface area contributed by atoms with Crippen LogP contribution in [0.2, 0.25) is 0 Å². The standard InChI is InChI=1S/C10H7FN2O3S/c11-8-2-1-6(3-7(8)10(14)15)17-4-9-12-5-16-13-9/h1-3,5H,4H2,(H,14,15). The lowest BCUT2D eigenvalue weighted by Crippen LogP contribution is -2.00. The fourth-order valence-corrected chi connectivity index (χ4v) is 1.95. The minimum absolute atomic E-state index is 0.344. The van der Waals surface area contributed by atoms with Crippen molar-refractivity contribution >= 4 is 17.7 Å². The van der Waals surface area contributed by atoms with Crippen LogP contribution >= 0.6 is 11.8 Å². The Labute approximate surface area is 99.6 Å². The quantitative estimate of drug-likeness (QED) is 0.843. The molecule has 0 saturated carbocycles. The number of rotatable bonds is 4. The lowest BCUT2D eigenvalue weighted by atomic mass is 10.2. The zero-order chi connectivity index (χ0) is 12.3. The van der Waals surface area contributed by atoms with Gasteiger partial charge in [-0.3, -0.25) is 0 Å². The number of carboxylic acids is 1. The number of hydrogen-bond donors (Lipinski definition) is 1. The summed E-state index contributed by atoms with van der Waals surface area (Å²) in [5, 5.41) is 12.4. The average Bonchev–Trinajstić information content (AvgIpc) is 2.80. The van der Waals surface area contributed by atoms with Gasteiger partial charge in [-0.05, 0) is 18.2 Å². The minimum Gasteiger partial charge on any atom is -0.478 e. The molecule has 0 radical (unpaired) electrons. The molecule has 0 bridgehead atoms. The molecular weight excluding hydrogens is 247 g/mol. The summed E-state index contributed by atoms with van der Waals surface area (Å²) in [6, 6.07) is 3.91. The highest BCUT2D eigenvalue weighted by Crippen LogP contribution is 2.23. The zero-order valence-corrected chi connectivity index (χ0v) is 9.28. The molecule has 1 aromatic carbocycles. The number of halogens is 1. The van der Waals surface area contributed by atoms with E-state index in [1.165, 1.54) is 30.3 Å². The second-order valence-electron chi connectivity index (χ2n) is 3.08. The number of thioether (sulfide) groups is 1.